The van der Waals surface area contributed by atoms with Crippen molar-refractivity contribution in [2.24, 2.45) is 0 Å². The average Bonchev–Trinajstić information content (AvgIpc) is 2.86. The summed E-state index contributed by atoms with van der Waals surface area (Å²) < 4.78 is 0. The number of nitrogens with one attached hydrogen (secondary N) is 1. The Kier molecular flexibility index (Phi) is 3.99. The van der Waals surface area contributed by atoms with Crippen LogP contribution in [0.5, 0.6) is 0 Å². The summed E-state index contributed by atoms with van der Waals surface area (Å²) >= 11 is 1.04. The average molecular weight is 306 g/mol. The molecule has 1 aromatic heterocycles. The fourth-order valence-electron chi connectivity index (χ4n) is 1.74. The summed E-state index contributed by atoms with van der Waals surface area (Å²) in [5.41, 5.74) is 0.204. The van der Waals surface area contributed by atoms with Crippen LogP contribution in [0.1, 0.15) is 26.3 Å². The van der Waals surface area contributed by atoms with Crippen LogP contribution in [0, 0.1) is 17.0 Å². The molecule has 0 saturated carbocycles. The zero-order valence-electron chi connectivity index (χ0n) is 10.8. The highest BCUT2D eigenvalue weighted by Gasteiger charge is 2.22. The van der Waals surface area contributed by atoms with Crippen LogP contribution in [0.15, 0.2) is 29.6 Å². The number of aromatic carboxylic acids is 1. The van der Waals surface area contributed by atoms with Gasteiger partial charge in [0.1, 0.15) is 10.6 Å². The van der Waals surface area contributed by atoms with Crippen molar-refractivity contribution in [3.63, 3.8) is 0 Å². The first-order valence-corrected chi connectivity index (χ1v) is 6.65. The molecular weight excluding hydrogens is 296 g/mol. The Balaban J connectivity index is 2.37. The molecule has 0 spiro atoms. The molecule has 0 bridgehead atoms. The van der Waals surface area contributed by atoms with E-state index in [4.69, 9.17) is 5.11 Å². The second-order valence-electron chi connectivity index (χ2n) is 4.20. The third-order valence-electron chi connectivity index (χ3n) is 2.72. The molecule has 7 nitrogen and oxygen atoms in total. The molecule has 21 heavy (non-hydrogen) atoms. The highest BCUT2D eigenvalue weighted by Crippen LogP contribution is 2.26. The normalized spacial score (nSPS) is 10.1. The fraction of sp³-hybridized carbons (Fsp3) is 0.0769. The first kappa shape index (κ1) is 14.7. The topological polar surface area (TPSA) is 110 Å². The lowest BCUT2D eigenvalue weighted by atomic mass is 10.1. The standard InChI is InChI=1S/C13H10N2O5S/c1-7-2-3-10(15(19)20)9(6-7)11(16)14-12-8(13(17)18)4-5-21-12/h2-6H,1H3,(H,14,16)(H,17,18). The van der Waals surface area contributed by atoms with Crippen LogP contribution in [0.2, 0.25) is 0 Å². The maximum absolute atomic E-state index is 12.2. The Morgan fingerprint density at radius 3 is 2.62 bits per heavy atom. The van der Waals surface area contributed by atoms with E-state index in [-0.39, 0.29) is 21.8 Å². The maximum atomic E-state index is 12.2. The van der Waals surface area contributed by atoms with E-state index < -0.39 is 16.8 Å². The summed E-state index contributed by atoms with van der Waals surface area (Å²) in [6.45, 7) is 1.70. The lowest BCUT2D eigenvalue weighted by Crippen LogP contribution is -2.15. The molecular formula is C13H10N2O5S. The number of anilines is 1. The summed E-state index contributed by atoms with van der Waals surface area (Å²) in [4.78, 5) is 33.4. The monoisotopic (exact) mass is 306 g/mol. The third kappa shape index (κ3) is 3.06. The van der Waals surface area contributed by atoms with Crippen molar-refractivity contribution in [2.75, 3.05) is 5.32 Å². The second kappa shape index (κ2) is 5.71. The van der Waals surface area contributed by atoms with E-state index in [2.05, 4.69) is 5.32 Å². The molecule has 2 N–H and O–H groups in total. The van der Waals surface area contributed by atoms with Gasteiger partial charge in [0.05, 0.1) is 10.5 Å². The number of carboxylic acid groups (broad SMARTS) is 1. The number of nitrogens with zero attached hydrogens (tertiary/aromatic N) is 1. The largest absolute Gasteiger partial charge is 0.478 e. The van der Waals surface area contributed by atoms with E-state index in [0.29, 0.717) is 5.56 Å². The van der Waals surface area contributed by atoms with Gasteiger partial charge in [-0.3, -0.25) is 14.9 Å². The number of amides is 1. The maximum Gasteiger partial charge on any atom is 0.338 e. The third-order valence-corrected chi connectivity index (χ3v) is 3.55. The zero-order chi connectivity index (χ0) is 15.6. The van der Waals surface area contributed by atoms with Gasteiger partial charge in [-0.05, 0) is 30.0 Å². The smallest absolute Gasteiger partial charge is 0.338 e. The van der Waals surface area contributed by atoms with Gasteiger partial charge in [-0.1, -0.05) is 6.07 Å². The molecule has 0 radical (unpaired) electrons. The van der Waals surface area contributed by atoms with Gasteiger partial charge in [0, 0.05) is 6.07 Å². The van der Waals surface area contributed by atoms with Crippen LogP contribution in [0.4, 0.5) is 10.7 Å². The number of rotatable bonds is 4. The van der Waals surface area contributed by atoms with Crippen molar-refractivity contribution < 1.29 is 19.6 Å². The molecule has 1 aromatic carbocycles. The molecule has 108 valence electrons. The second-order valence-corrected chi connectivity index (χ2v) is 5.12. The highest BCUT2D eigenvalue weighted by atomic mass is 32.1. The van der Waals surface area contributed by atoms with Gasteiger partial charge >= 0.3 is 5.97 Å². The van der Waals surface area contributed by atoms with E-state index in [1.165, 1.54) is 29.6 Å². The zero-order valence-corrected chi connectivity index (χ0v) is 11.6. The summed E-state index contributed by atoms with van der Waals surface area (Å²) in [6, 6.07) is 5.52. The number of thiophene rings is 1. The Morgan fingerprint density at radius 2 is 2.00 bits per heavy atom. The lowest BCUT2D eigenvalue weighted by Gasteiger charge is -2.06. The molecule has 1 amide bonds. The van der Waals surface area contributed by atoms with Crippen molar-refractivity contribution in [1.29, 1.82) is 0 Å². The van der Waals surface area contributed by atoms with E-state index >= 15 is 0 Å². The van der Waals surface area contributed by atoms with Crippen LogP contribution in [0.3, 0.4) is 0 Å². The van der Waals surface area contributed by atoms with Crippen molar-refractivity contribution in [1.82, 2.24) is 0 Å². The number of nitro groups is 1. The molecule has 0 aliphatic heterocycles. The number of benzene rings is 1. The first-order chi connectivity index (χ1) is 9.90. The molecule has 0 aliphatic carbocycles. The highest BCUT2D eigenvalue weighted by molar-refractivity contribution is 7.14. The Hall–Kier alpha value is -2.74. The van der Waals surface area contributed by atoms with Gasteiger partial charge in [-0.25, -0.2) is 4.79 Å². The minimum Gasteiger partial charge on any atom is -0.478 e. The van der Waals surface area contributed by atoms with Crippen LogP contribution in [-0.2, 0) is 0 Å². The number of carbonyl (C=O) groups is 2. The minimum absolute atomic E-state index is 0.0522. The summed E-state index contributed by atoms with van der Waals surface area (Å²) in [5.74, 6) is -1.89. The van der Waals surface area contributed by atoms with Crippen molar-refractivity contribution in [2.45, 2.75) is 6.92 Å². The molecule has 0 unspecified atom stereocenters. The minimum atomic E-state index is -1.18. The number of hydrogen-bond donors (Lipinski definition) is 2. The number of hydrogen-bond acceptors (Lipinski definition) is 5. The Morgan fingerprint density at radius 1 is 1.29 bits per heavy atom. The summed E-state index contributed by atoms with van der Waals surface area (Å²) in [6.07, 6.45) is 0. The van der Waals surface area contributed by atoms with Crippen LogP contribution in [-0.4, -0.2) is 21.9 Å². The van der Waals surface area contributed by atoms with Crippen LogP contribution < -0.4 is 5.32 Å². The number of carboxylic acids is 1. The number of aryl methyl sites for hydroxylation is 1. The van der Waals surface area contributed by atoms with Gasteiger partial charge in [0.2, 0.25) is 0 Å². The van der Waals surface area contributed by atoms with Crippen LogP contribution in [0.25, 0.3) is 0 Å². The quantitative estimate of drug-likeness (QED) is 0.666. The SMILES string of the molecule is Cc1ccc([N+](=O)[O-])c(C(=O)Nc2sccc2C(=O)O)c1. The van der Waals surface area contributed by atoms with Crippen molar-refractivity contribution in [3.05, 3.63) is 56.5 Å². The van der Waals surface area contributed by atoms with Gasteiger partial charge in [0.25, 0.3) is 11.6 Å². The first-order valence-electron chi connectivity index (χ1n) is 5.77. The summed E-state index contributed by atoms with van der Waals surface area (Å²) in [7, 11) is 0. The van der Waals surface area contributed by atoms with Gasteiger partial charge in [-0.2, -0.15) is 0 Å². The molecule has 2 rings (SSSR count). The van der Waals surface area contributed by atoms with Gasteiger partial charge < -0.3 is 10.4 Å². The molecule has 0 saturated heterocycles. The van der Waals surface area contributed by atoms with E-state index in [9.17, 15) is 19.7 Å². The number of carbonyl (C=O) groups excluding carboxylic acids is 1. The fourth-order valence-corrected chi connectivity index (χ4v) is 2.51. The molecule has 0 fully saturated rings. The molecule has 8 heteroatoms. The predicted molar refractivity (Wildman–Crippen MR) is 77.1 cm³/mol. The molecule has 0 atom stereocenters. The Labute approximate surface area is 123 Å². The predicted octanol–water partition coefficient (Wildman–Crippen LogP) is 2.92. The van der Waals surface area contributed by atoms with Gasteiger partial charge in [-0.15, -0.1) is 11.3 Å². The van der Waals surface area contributed by atoms with Gasteiger partial charge in [0.15, 0.2) is 0 Å². The lowest BCUT2D eigenvalue weighted by molar-refractivity contribution is -0.385. The van der Waals surface area contributed by atoms with Crippen LogP contribution >= 0.6 is 11.3 Å². The molecule has 0 aliphatic rings. The van der Waals surface area contributed by atoms with Crippen molar-refractivity contribution >= 4 is 33.9 Å². The van der Waals surface area contributed by atoms with E-state index in [1.54, 1.807) is 6.92 Å². The molecule has 2 aromatic rings. The van der Waals surface area contributed by atoms with Crippen molar-refractivity contribution in [3.8, 4) is 0 Å². The number of nitro benzene ring substituents is 1. The summed E-state index contributed by atoms with van der Waals surface area (Å²) in [5, 5.41) is 24.0. The Bertz CT molecular complexity index is 738. The van der Waals surface area contributed by atoms with E-state index in [0.717, 1.165) is 11.3 Å². The van der Waals surface area contributed by atoms with E-state index in [1.807, 2.05) is 0 Å². The molecule has 1 heterocycles.